The maximum atomic E-state index is 14.6. The molecule has 0 aliphatic heterocycles. The highest BCUT2D eigenvalue weighted by Crippen LogP contribution is 2.45. The van der Waals surface area contributed by atoms with E-state index in [0.29, 0.717) is 16.9 Å². The Kier molecular flexibility index (Phi) is 11.5. The molecule has 0 radical (unpaired) electrons. The van der Waals surface area contributed by atoms with Crippen LogP contribution in [0.15, 0.2) is 24.8 Å². The summed E-state index contributed by atoms with van der Waals surface area (Å²) in [4.78, 5) is 16.5. The zero-order valence-corrected chi connectivity index (χ0v) is 29.9. The van der Waals surface area contributed by atoms with Crippen LogP contribution in [-0.2, 0) is 4.43 Å². The Bertz CT molecular complexity index is 995. The lowest BCUT2D eigenvalue weighted by Crippen LogP contribution is -2.47. The van der Waals surface area contributed by atoms with Crippen molar-refractivity contribution in [2.24, 2.45) is 5.92 Å². The number of aliphatic hydroxyl groups excluding tert-OH is 1. The van der Waals surface area contributed by atoms with Gasteiger partial charge in [0.25, 0.3) is 14.2 Å². The quantitative estimate of drug-likeness (QED) is 0.211. The monoisotopic (exact) mass is 577 g/mol. The van der Waals surface area contributed by atoms with Gasteiger partial charge in [0.05, 0.1) is 17.8 Å². The lowest BCUT2D eigenvalue weighted by atomic mass is 9.90. The van der Waals surface area contributed by atoms with Gasteiger partial charge in [-0.2, -0.15) is 0 Å². The molecule has 3 atom stereocenters. The molecule has 0 heterocycles. The standard InChI is InChI=1S/C32H59NO4Si2/c1-18-23(6)27(34)29(37-39(16,17)32(11,12)13)25-20-19-24(7)28(36-38(14,15)31(8,9)10)26(25)30(35)33(21(2)3)22(4)5/h18-23,27,29,34H,1H2,2-17H3/t23-,27-,29-/m1/s1. The van der Waals surface area contributed by atoms with Crippen LogP contribution in [0.5, 0.6) is 5.75 Å². The fourth-order valence-corrected chi connectivity index (χ4v) is 6.45. The fraction of sp³-hybridized carbons (Fsp3) is 0.719. The molecule has 0 aliphatic rings. The summed E-state index contributed by atoms with van der Waals surface area (Å²) in [6, 6.07) is 3.96. The van der Waals surface area contributed by atoms with Crippen molar-refractivity contribution >= 4 is 22.5 Å². The van der Waals surface area contributed by atoms with Gasteiger partial charge in [-0.25, -0.2) is 0 Å². The van der Waals surface area contributed by atoms with Crippen LogP contribution in [0.1, 0.15) is 104 Å². The highest BCUT2D eigenvalue weighted by Gasteiger charge is 2.45. The number of rotatable bonds is 11. The molecule has 39 heavy (non-hydrogen) atoms. The third-order valence-electron chi connectivity index (χ3n) is 8.87. The largest absolute Gasteiger partial charge is 0.543 e. The lowest BCUT2D eigenvalue weighted by molar-refractivity contribution is 0.00421. The average Bonchev–Trinajstić information content (AvgIpc) is 2.75. The first-order valence-electron chi connectivity index (χ1n) is 14.5. The van der Waals surface area contributed by atoms with Crippen molar-refractivity contribution in [2.45, 2.75) is 144 Å². The van der Waals surface area contributed by atoms with Crippen molar-refractivity contribution in [2.75, 3.05) is 0 Å². The first-order chi connectivity index (χ1) is 17.4. The molecule has 0 aromatic heterocycles. The van der Waals surface area contributed by atoms with Crippen LogP contribution in [0, 0.1) is 12.8 Å². The normalized spacial score (nSPS) is 15.8. The van der Waals surface area contributed by atoms with E-state index in [1.165, 1.54) is 0 Å². The summed E-state index contributed by atoms with van der Waals surface area (Å²) in [5, 5.41) is 11.6. The summed E-state index contributed by atoms with van der Waals surface area (Å²) in [5.41, 5.74) is 2.12. The number of hydrogen-bond acceptors (Lipinski definition) is 4. The highest BCUT2D eigenvalue weighted by molar-refractivity contribution is 6.75. The molecule has 0 saturated carbocycles. The van der Waals surface area contributed by atoms with Gasteiger partial charge in [0.15, 0.2) is 8.32 Å². The third-order valence-corrected chi connectivity index (χ3v) is 17.6. The summed E-state index contributed by atoms with van der Waals surface area (Å²) >= 11 is 0. The number of aryl methyl sites for hydroxylation is 1. The van der Waals surface area contributed by atoms with E-state index in [9.17, 15) is 9.90 Å². The van der Waals surface area contributed by atoms with Crippen molar-refractivity contribution in [3.63, 3.8) is 0 Å². The van der Waals surface area contributed by atoms with Crippen LogP contribution in [0.3, 0.4) is 0 Å². The van der Waals surface area contributed by atoms with Crippen LogP contribution in [0.2, 0.25) is 36.3 Å². The van der Waals surface area contributed by atoms with Gasteiger partial charge in [-0.05, 0) is 82.0 Å². The van der Waals surface area contributed by atoms with Gasteiger partial charge in [-0.1, -0.05) is 66.7 Å². The molecular weight excluding hydrogens is 519 g/mol. The van der Waals surface area contributed by atoms with Crippen molar-refractivity contribution < 1.29 is 18.8 Å². The van der Waals surface area contributed by atoms with Gasteiger partial charge in [0.2, 0.25) is 0 Å². The fourth-order valence-electron chi connectivity index (χ4n) is 4.12. The number of hydrogen-bond donors (Lipinski definition) is 1. The molecule has 224 valence electrons. The first kappa shape index (κ1) is 35.6. The second-order valence-corrected chi connectivity index (χ2v) is 24.3. The van der Waals surface area contributed by atoms with E-state index >= 15 is 0 Å². The Balaban J connectivity index is 4.18. The molecule has 7 heteroatoms. The van der Waals surface area contributed by atoms with E-state index in [1.54, 1.807) is 6.08 Å². The molecule has 0 spiro atoms. The van der Waals surface area contributed by atoms with E-state index in [4.69, 9.17) is 8.85 Å². The van der Waals surface area contributed by atoms with Crippen LogP contribution in [0.4, 0.5) is 0 Å². The number of benzene rings is 1. The maximum absolute atomic E-state index is 14.6. The predicted molar refractivity (Wildman–Crippen MR) is 172 cm³/mol. The topological polar surface area (TPSA) is 59.0 Å². The van der Waals surface area contributed by atoms with E-state index in [1.807, 2.05) is 58.6 Å². The van der Waals surface area contributed by atoms with Gasteiger partial charge in [-0.15, -0.1) is 6.58 Å². The molecule has 1 N–H and O–H groups in total. The molecule has 1 amide bonds. The van der Waals surface area contributed by atoms with E-state index < -0.39 is 28.8 Å². The molecule has 0 fully saturated rings. The van der Waals surface area contributed by atoms with E-state index in [2.05, 4.69) is 74.3 Å². The summed E-state index contributed by atoms with van der Waals surface area (Å²) in [6.07, 6.45) is 0.170. The molecule has 5 nitrogen and oxygen atoms in total. The van der Waals surface area contributed by atoms with E-state index in [-0.39, 0.29) is 34.0 Å². The lowest BCUT2D eigenvalue weighted by Gasteiger charge is -2.43. The molecule has 0 unspecified atom stereocenters. The second-order valence-electron chi connectivity index (χ2n) is 14.8. The van der Waals surface area contributed by atoms with Gasteiger partial charge in [0, 0.05) is 18.0 Å². The Morgan fingerprint density at radius 3 is 1.77 bits per heavy atom. The van der Waals surface area contributed by atoms with Gasteiger partial charge in [0.1, 0.15) is 5.75 Å². The average molecular weight is 578 g/mol. The van der Waals surface area contributed by atoms with Crippen LogP contribution >= 0.6 is 0 Å². The van der Waals surface area contributed by atoms with Crippen molar-refractivity contribution in [3.05, 3.63) is 41.5 Å². The Morgan fingerprint density at radius 2 is 1.38 bits per heavy atom. The zero-order chi connectivity index (χ0) is 30.9. The van der Waals surface area contributed by atoms with Crippen LogP contribution in [0.25, 0.3) is 0 Å². The molecule has 1 aromatic carbocycles. The molecule has 1 aromatic rings. The number of carbonyl (C=O) groups is 1. The Labute approximate surface area is 242 Å². The highest BCUT2D eigenvalue weighted by atomic mass is 28.4. The van der Waals surface area contributed by atoms with Crippen LogP contribution < -0.4 is 4.43 Å². The second kappa shape index (κ2) is 12.6. The molecular formula is C32H59NO4Si2. The Morgan fingerprint density at radius 1 is 0.923 bits per heavy atom. The van der Waals surface area contributed by atoms with Crippen LogP contribution in [-0.4, -0.2) is 50.7 Å². The molecule has 0 saturated heterocycles. The summed E-state index contributed by atoms with van der Waals surface area (Å²) < 4.78 is 13.9. The van der Waals surface area contributed by atoms with E-state index in [0.717, 1.165) is 5.56 Å². The number of aliphatic hydroxyl groups is 1. The minimum atomic E-state index is -2.36. The minimum absolute atomic E-state index is 0.0108. The summed E-state index contributed by atoms with van der Waals surface area (Å²) in [7, 11) is -4.68. The summed E-state index contributed by atoms with van der Waals surface area (Å²) in [5.74, 6) is 0.299. The summed E-state index contributed by atoms with van der Waals surface area (Å²) in [6.45, 7) is 38.0. The minimum Gasteiger partial charge on any atom is -0.543 e. The van der Waals surface area contributed by atoms with Gasteiger partial charge < -0.3 is 18.9 Å². The Hall–Kier alpha value is -1.42. The number of amides is 1. The van der Waals surface area contributed by atoms with Gasteiger partial charge in [-0.3, -0.25) is 4.79 Å². The SMILES string of the molecule is C=C[C@@H](C)[C@@H](O)[C@H](O[Si](C)(C)C(C)(C)C)c1ccc(C)c(O[Si](C)(C)C(C)(C)C)c1C(=O)N(C(C)C)C(C)C. The number of nitrogens with zero attached hydrogens (tertiary/aromatic N) is 1. The third kappa shape index (κ3) is 8.08. The smallest absolute Gasteiger partial charge is 0.258 e. The molecule has 0 aliphatic carbocycles. The predicted octanol–water partition coefficient (Wildman–Crippen LogP) is 8.88. The van der Waals surface area contributed by atoms with Gasteiger partial charge >= 0.3 is 0 Å². The zero-order valence-electron chi connectivity index (χ0n) is 27.9. The first-order valence-corrected chi connectivity index (χ1v) is 20.4. The van der Waals surface area contributed by atoms with Crippen molar-refractivity contribution in [3.8, 4) is 5.75 Å². The van der Waals surface area contributed by atoms with Crippen molar-refractivity contribution in [1.29, 1.82) is 0 Å². The molecule has 0 bridgehead atoms. The van der Waals surface area contributed by atoms with Crippen molar-refractivity contribution in [1.82, 2.24) is 4.90 Å². The maximum Gasteiger partial charge on any atom is 0.258 e. The molecule has 1 rings (SSSR count). The number of carbonyl (C=O) groups excluding carboxylic acids is 1.